The number of halogens is 3. The summed E-state index contributed by atoms with van der Waals surface area (Å²) in [6.45, 7) is 2.21. The largest absolute Gasteiger partial charge is 0.489 e. The summed E-state index contributed by atoms with van der Waals surface area (Å²) in [6.07, 6.45) is -4.82. The Morgan fingerprint density at radius 1 is 0.933 bits per heavy atom. The first kappa shape index (κ1) is 19.8. The lowest BCUT2D eigenvalue weighted by atomic mass is 10.0. The maximum absolute atomic E-state index is 13.7. The van der Waals surface area contributed by atoms with Gasteiger partial charge in [-0.05, 0) is 30.2 Å². The Morgan fingerprint density at radius 2 is 1.63 bits per heavy atom. The zero-order valence-corrected chi connectivity index (χ0v) is 16.0. The Hall–Kier alpha value is -3.54. The summed E-state index contributed by atoms with van der Waals surface area (Å²) in [5.41, 5.74) is 0.773. The highest BCUT2D eigenvalue weighted by atomic mass is 19.4. The van der Waals surface area contributed by atoms with Crippen molar-refractivity contribution in [1.82, 2.24) is 0 Å². The smallest absolute Gasteiger partial charge is 0.450 e. The van der Waals surface area contributed by atoms with Gasteiger partial charge in [0.2, 0.25) is 11.2 Å². The van der Waals surface area contributed by atoms with Crippen molar-refractivity contribution in [2.45, 2.75) is 19.7 Å². The molecule has 0 spiro atoms. The fraction of sp³-hybridized carbons (Fsp3) is 0.125. The molecule has 152 valence electrons. The molecule has 0 bridgehead atoms. The molecule has 0 atom stereocenters. The molecule has 0 aliphatic rings. The second-order valence-corrected chi connectivity index (χ2v) is 6.93. The number of hydrogen-bond acceptors (Lipinski definition) is 3. The number of ether oxygens (including phenoxy) is 1. The van der Waals surface area contributed by atoms with Crippen LogP contribution >= 0.6 is 0 Å². The predicted molar refractivity (Wildman–Crippen MR) is 108 cm³/mol. The summed E-state index contributed by atoms with van der Waals surface area (Å²) < 4.78 is 51.9. The zero-order valence-electron chi connectivity index (χ0n) is 16.0. The van der Waals surface area contributed by atoms with E-state index in [1.54, 1.807) is 24.3 Å². The maximum atomic E-state index is 13.7. The second-order valence-electron chi connectivity index (χ2n) is 6.93. The molecule has 4 aromatic rings. The summed E-state index contributed by atoms with van der Waals surface area (Å²) in [6, 6.07) is 19.7. The molecule has 3 aromatic carbocycles. The number of benzene rings is 3. The predicted octanol–water partition coefficient (Wildman–Crippen LogP) is 6.37. The molecule has 6 heteroatoms. The van der Waals surface area contributed by atoms with E-state index in [1.807, 2.05) is 31.2 Å². The summed E-state index contributed by atoms with van der Waals surface area (Å²) in [7, 11) is 0. The van der Waals surface area contributed by atoms with Crippen LogP contribution in [0.1, 0.15) is 16.9 Å². The van der Waals surface area contributed by atoms with E-state index in [-0.39, 0.29) is 23.1 Å². The molecule has 0 fully saturated rings. The highest BCUT2D eigenvalue weighted by Gasteiger charge is 2.39. The van der Waals surface area contributed by atoms with Crippen molar-refractivity contribution in [3.05, 3.63) is 99.9 Å². The third-order valence-electron chi connectivity index (χ3n) is 4.71. The standard InChI is InChI=1S/C24H17F3O3/c1-15-7-9-16(10-8-15)14-29-18-11-12-19-20(13-18)30-23(24(25,26)27)21(22(19)28)17-5-3-2-4-6-17/h2-13H,14H2,1H3. The lowest BCUT2D eigenvalue weighted by molar-refractivity contribution is -0.152. The van der Waals surface area contributed by atoms with Crippen LogP contribution in [0.5, 0.6) is 5.75 Å². The lowest BCUT2D eigenvalue weighted by Crippen LogP contribution is -2.16. The normalized spacial score (nSPS) is 11.6. The molecule has 0 radical (unpaired) electrons. The van der Waals surface area contributed by atoms with E-state index in [9.17, 15) is 18.0 Å². The molecule has 0 N–H and O–H groups in total. The molecule has 0 aliphatic heterocycles. The first-order chi connectivity index (χ1) is 14.3. The highest BCUT2D eigenvalue weighted by molar-refractivity contribution is 5.84. The third-order valence-corrected chi connectivity index (χ3v) is 4.71. The van der Waals surface area contributed by atoms with Gasteiger partial charge in [0.15, 0.2) is 0 Å². The van der Waals surface area contributed by atoms with Gasteiger partial charge < -0.3 is 9.15 Å². The summed E-state index contributed by atoms with van der Waals surface area (Å²) in [4.78, 5) is 12.9. The molecule has 0 aliphatic carbocycles. The Kier molecular flexibility index (Phi) is 5.08. The van der Waals surface area contributed by atoms with Crippen LogP contribution in [0, 0.1) is 6.92 Å². The monoisotopic (exact) mass is 410 g/mol. The lowest BCUT2D eigenvalue weighted by Gasteiger charge is -2.13. The van der Waals surface area contributed by atoms with Crippen LogP contribution in [0.2, 0.25) is 0 Å². The quantitative estimate of drug-likeness (QED) is 0.393. The molecular weight excluding hydrogens is 393 g/mol. The molecule has 30 heavy (non-hydrogen) atoms. The van der Waals surface area contributed by atoms with Gasteiger partial charge in [-0.2, -0.15) is 13.2 Å². The summed E-state index contributed by atoms with van der Waals surface area (Å²) in [5.74, 6) is -1.01. The SMILES string of the molecule is Cc1ccc(COc2ccc3c(=O)c(-c4ccccc4)c(C(F)(F)F)oc3c2)cc1. The Bertz CT molecular complexity index is 1240. The van der Waals surface area contributed by atoms with Crippen molar-refractivity contribution in [3.8, 4) is 16.9 Å². The minimum absolute atomic E-state index is 0.0598. The Morgan fingerprint density at radius 3 is 2.30 bits per heavy atom. The van der Waals surface area contributed by atoms with Crippen LogP contribution in [-0.4, -0.2) is 0 Å². The topological polar surface area (TPSA) is 39.4 Å². The average Bonchev–Trinajstić information content (AvgIpc) is 2.73. The Balaban J connectivity index is 1.77. The van der Waals surface area contributed by atoms with Crippen molar-refractivity contribution in [3.63, 3.8) is 0 Å². The third kappa shape index (κ3) is 3.94. The van der Waals surface area contributed by atoms with Crippen LogP contribution in [0.3, 0.4) is 0 Å². The fourth-order valence-corrected chi connectivity index (χ4v) is 3.18. The summed E-state index contributed by atoms with van der Waals surface area (Å²) in [5, 5.41) is 0.0598. The van der Waals surface area contributed by atoms with Gasteiger partial charge >= 0.3 is 6.18 Å². The maximum Gasteiger partial charge on any atom is 0.450 e. The van der Waals surface area contributed by atoms with E-state index in [0.717, 1.165) is 11.1 Å². The molecule has 1 heterocycles. The number of fused-ring (bicyclic) bond motifs is 1. The first-order valence-corrected chi connectivity index (χ1v) is 9.25. The van der Waals surface area contributed by atoms with Gasteiger partial charge in [0.25, 0.3) is 0 Å². The van der Waals surface area contributed by atoms with Crippen molar-refractivity contribution in [2.75, 3.05) is 0 Å². The van der Waals surface area contributed by atoms with E-state index >= 15 is 0 Å². The van der Waals surface area contributed by atoms with Crippen molar-refractivity contribution < 1.29 is 22.3 Å². The van der Waals surface area contributed by atoms with Gasteiger partial charge in [-0.15, -0.1) is 0 Å². The van der Waals surface area contributed by atoms with Gasteiger partial charge in [0, 0.05) is 6.07 Å². The molecule has 0 saturated carbocycles. The van der Waals surface area contributed by atoms with Gasteiger partial charge in [-0.3, -0.25) is 4.79 Å². The highest BCUT2D eigenvalue weighted by Crippen LogP contribution is 2.37. The first-order valence-electron chi connectivity index (χ1n) is 9.25. The number of hydrogen-bond donors (Lipinski definition) is 0. The van der Waals surface area contributed by atoms with Crippen LogP contribution < -0.4 is 10.2 Å². The van der Waals surface area contributed by atoms with Crippen LogP contribution in [0.4, 0.5) is 13.2 Å². The van der Waals surface area contributed by atoms with Crippen molar-refractivity contribution in [2.24, 2.45) is 0 Å². The van der Waals surface area contributed by atoms with E-state index in [1.165, 1.54) is 24.3 Å². The Labute approximate surface area is 170 Å². The fourth-order valence-electron chi connectivity index (χ4n) is 3.18. The zero-order chi connectivity index (χ0) is 21.3. The minimum Gasteiger partial charge on any atom is -0.489 e. The second kappa shape index (κ2) is 7.71. The van der Waals surface area contributed by atoms with E-state index < -0.39 is 22.9 Å². The molecule has 4 rings (SSSR count). The molecule has 0 unspecified atom stereocenters. The van der Waals surface area contributed by atoms with Crippen LogP contribution in [0.15, 0.2) is 82.0 Å². The van der Waals surface area contributed by atoms with E-state index in [4.69, 9.17) is 9.15 Å². The number of aryl methyl sites for hydroxylation is 1. The van der Waals surface area contributed by atoms with Crippen molar-refractivity contribution in [1.29, 1.82) is 0 Å². The molecular formula is C24H17F3O3. The summed E-state index contributed by atoms with van der Waals surface area (Å²) >= 11 is 0. The van der Waals surface area contributed by atoms with Crippen LogP contribution in [0.25, 0.3) is 22.1 Å². The molecule has 3 nitrogen and oxygen atoms in total. The van der Waals surface area contributed by atoms with Crippen LogP contribution in [-0.2, 0) is 12.8 Å². The van der Waals surface area contributed by atoms with Gasteiger partial charge in [0.05, 0.1) is 10.9 Å². The van der Waals surface area contributed by atoms with Gasteiger partial charge in [0.1, 0.15) is 17.9 Å². The minimum atomic E-state index is -4.82. The molecule has 0 saturated heterocycles. The van der Waals surface area contributed by atoms with Crippen molar-refractivity contribution >= 4 is 11.0 Å². The van der Waals surface area contributed by atoms with Gasteiger partial charge in [-0.1, -0.05) is 60.2 Å². The van der Waals surface area contributed by atoms with Gasteiger partial charge in [-0.25, -0.2) is 0 Å². The van der Waals surface area contributed by atoms with E-state index in [0.29, 0.717) is 5.75 Å². The number of rotatable bonds is 4. The average molecular weight is 410 g/mol. The van der Waals surface area contributed by atoms with E-state index in [2.05, 4.69) is 0 Å². The number of alkyl halides is 3. The molecule has 0 amide bonds. The molecule has 1 aromatic heterocycles.